The van der Waals surface area contributed by atoms with Crippen LogP contribution in [0, 0.1) is 24.0 Å². The summed E-state index contributed by atoms with van der Waals surface area (Å²) in [6, 6.07) is 16.4. The number of rotatable bonds is 7. The van der Waals surface area contributed by atoms with Crippen LogP contribution in [0.2, 0.25) is 0 Å². The van der Waals surface area contributed by atoms with E-state index >= 15 is 0 Å². The Hall–Kier alpha value is -4.05. The Balaban J connectivity index is 1.55. The molecule has 0 saturated carbocycles. The second kappa shape index (κ2) is 8.76. The van der Waals surface area contributed by atoms with Gasteiger partial charge < -0.3 is 15.4 Å². The summed E-state index contributed by atoms with van der Waals surface area (Å²) >= 11 is 1.40. The van der Waals surface area contributed by atoms with E-state index < -0.39 is 4.92 Å². The summed E-state index contributed by atoms with van der Waals surface area (Å²) in [4.78, 5) is 24.7. The lowest BCUT2D eigenvalue weighted by molar-refractivity contribution is -0.383. The third kappa shape index (κ3) is 4.75. The molecule has 2 heterocycles. The topological polar surface area (TPSA) is 115 Å². The van der Waals surface area contributed by atoms with Crippen LogP contribution in [0.5, 0.6) is 11.5 Å². The number of anilines is 4. The van der Waals surface area contributed by atoms with Crippen molar-refractivity contribution in [1.29, 1.82) is 0 Å². The largest absolute Gasteiger partial charge is 0.457 e. The molecule has 0 aliphatic rings. The van der Waals surface area contributed by atoms with Gasteiger partial charge in [-0.1, -0.05) is 18.2 Å². The molecule has 0 unspecified atom stereocenters. The zero-order valence-corrected chi connectivity index (χ0v) is 17.5. The Bertz CT molecular complexity index is 1190. The molecule has 0 saturated heterocycles. The van der Waals surface area contributed by atoms with Crippen LogP contribution < -0.4 is 15.4 Å². The number of para-hydroxylation sites is 1. The Labute approximate surface area is 181 Å². The van der Waals surface area contributed by atoms with E-state index in [1.807, 2.05) is 44.2 Å². The highest BCUT2D eigenvalue weighted by atomic mass is 32.1. The molecule has 0 spiro atoms. The number of benzene rings is 2. The van der Waals surface area contributed by atoms with Crippen LogP contribution in [0.1, 0.15) is 10.6 Å². The van der Waals surface area contributed by atoms with E-state index in [2.05, 4.69) is 25.6 Å². The highest BCUT2D eigenvalue weighted by Gasteiger charge is 2.24. The number of nitrogens with zero attached hydrogens (tertiary/aromatic N) is 4. The standard InChI is InChI=1S/C21H18N6O3S/c1-13-14(2)31-21(24-13)26-20-18(27(28)29)19(22-12-23-20)25-15-8-10-17(11-9-15)30-16-6-4-3-5-7-16/h3-12H,1-2H3,(H2,22,23,24,25,26). The molecule has 10 heteroatoms. The van der Waals surface area contributed by atoms with Gasteiger partial charge in [0, 0.05) is 10.6 Å². The SMILES string of the molecule is Cc1nc(Nc2ncnc(Nc3ccc(Oc4ccccc4)cc3)c2[N+](=O)[O-])sc1C. The lowest BCUT2D eigenvalue weighted by Crippen LogP contribution is -2.05. The van der Waals surface area contributed by atoms with E-state index in [0.29, 0.717) is 16.6 Å². The summed E-state index contributed by atoms with van der Waals surface area (Å²) in [6.45, 7) is 3.81. The summed E-state index contributed by atoms with van der Waals surface area (Å²) < 4.78 is 5.77. The highest BCUT2D eigenvalue weighted by Crippen LogP contribution is 2.34. The number of hydrogen-bond acceptors (Lipinski definition) is 9. The van der Waals surface area contributed by atoms with Crippen LogP contribution >= 0.6 is 11.3 Å². The molecule has 31 heavy (non-hydrogen) atoms. The molecule has 0 amide bonds. The van der Waals surface area contributed by atoms with Crippen LogP contribution in [-0.4, -0.2) is 19.9 Å². The number of aryl methyl sites for hydroxylation is 2. The zero-order chi connectivity index (χ0) is 21.8. The minimum Gasteiger partial charge on any atom is -0.457 e. The second-order valence-corrected chi connectivity index (χ2v) is 7.73. The minimum absolute atomic E-state index is 0.0697. The van der Waals surface area contributed by atoms with Crippen LogP contribution in [0.3, 0.4) is 0 Å². The third-order valence-corrected chi connectivity index (χ3v) is 5.34. The number of ether oxygens (including phenoxy) is 1. The fourth-order valence-electron chi connectivity index (χ4n) is 2.73. The van der Waals surface area contributed by atoms with Crippen molar-refractivity contribution in [3.8, 4) is 11.5 Å². The summed E-state index contributed by atoms with van der Waals surface area (Å²) in [5.74, 6) is 1.51. The maximum absolute atomic E-state index is 11.8. The highest BCUT2D eigenvalue weighted by molar-refractivity contribution is 7.15. The first-order valence-electron chi connectivity index (χ1n) is 9.30. The van der Waals surface area contributed by atoms with Crippen LogP contribution in [-0.2, 0) is 0 Å². The number of hydrogen-bond donors (Lipinski definition) is 2. The number of nitrogens with one attached hydrogen (secondary N) is 2. The smallest absolute Gasteiger partial charge is 0.353 e. The average molecular weight is 434 g/mol. The molecule has 2 aromatic carbocycles. The zero-order valence-electron chi connectivity index (χ0n) is 16.7. The predicted molar refractivity (Wildman–Crippen MR) is 120 cm³/mol. The normalized spacial score (nSPS) is 10.5. The first kappa shape index (κ1) is 20.2. The minimum atomic E-state index is -0.523. The van der Waals surface area contributed by atoms with Gasteiger partial charge in [0.05, 0.1) is 10.6 Å². The fourth-order valence-corrected chi connectivity index (χ4v) is 3.54. The number of thiazole rings is 1. The van der Waals surface area contributed by atoms with Gasteiger partial charge >= 0.3 is 5.69 Å². The quantitative estimate of drug-likeness (QED) is 0.280. The van der Waals surface area contributed by atoms with Gasteiger partial charge in [0.15, 0.2) is 5.13 Å². The predicted octanol–water partition coefficient (Wildman–Crippen LogP) is 5.74. The van der Waals surface area contributed by atoms with Crippen molar-refractivity contribution in [3.63, 3.8) is 0 Å². The number of aromatic nitrogens is 3. The monoisotopic (exact) mass is 434 g/mol. The molecular weight excluding hydrogens is 416 g/mol. The molecule has 0 bridgehead atoms. The van der Waals surface area contributed by atoms with Gasteiger partial charge in [0.1, 0.15) is 17.8 Å². The van der Waals surface area contributed by atoms with Gasteiger partial charge in [-0.15, -0.1) is 11.3 Å². The Morgan fingerprint density at radius 3 is 2.19 bits per heavy atom. The lowest BCUT2D eigenvalue weighted by atomic mass is 10.3. The van der Waals surface area contributed by atoms with Crippen molar-refractivity contribution in [3.05, 3.63) is 81.6 Å². The van der Waals surface area contributed by atoms with E-state index in [4.69, 9.17) is 4.74 Å². The second-order valence-electron chi connectivity index (χ2n) is 6.53. The summed E-state index contributed by atoms with van der Waals surface area (Å²) in [6.07, 6.45) is 1.26. The molecule has 4 rings (SSSR count). The van der Waals surface area contributed by atoms with E-state index in [-0.39, 0.29) is 17.3 Å². The van der Waals surface area contributed by atoms with E-state index in [1.54, 1.807) is 24.3 Å². The molecule has 0 atom stereocenters. The Morgan fingerprint density at radius 2 is 1.58 bits per heavy atom. The molecule has 0 aliphatic heterocycles. The lowest BCUT2D eigenvalue weighted by Gasteiger charge is -2.10. The van der Waals surface area contributed by atoms with Gasteiger partial charge in [-0.2, -0.15) is 0 Å². The van der Waals surface area contributed by atoms with Crippen LogP contribution in [0.4, 0.5) is 28.1 Å². The molecule has 0 radical (unpaired) electrons. The van der Waals surface area contributed by atoms with Gasteiger partial charge in [-0.3, -0.25) is 10.1 Å². The molecule has 156 valence electrons. The van der Waals surface area contributed by atoms with Crippen molar-refractivity contribution in [1.82, 2.24) is 15.0 Å². The van der Waals surface area contributed by atoms with Gasteiger partial charge in [0.25, 0.3) is 0 Å². The van der Waals surface area contributed by atoms with E-state index in [0.717, 1.165) is 16.3 Å². The molecule has 0 aliphatic carbocycles. The molecule has 9 nitrogen and oxygen atoms in total. The van der Waals surface area contributed by atoms with Crippen molar-refractivity contribution in [2.75, 3.05) is 10.6 Å². The molecule has 2 N–H and O–H groups in total. The maximum Gasteiger partial charge on any atom is 0.353 e. The summed E-state index contributed by atoms with van der Waals surface area (Å²) in [7, 11) is 0. The molecule has 0 fully saturated rings. The summed E-state index contributed by atoms with van der Waals surface area (Å²) in [5, 5.41) is 18.2. The van der Waals surface area contributed by atoms with Crippen molar-refractivity contribution >= 4 is 39.5 Å². The Kier molecular flexibility index (Phi) is 5.72. The molecule has 2 aromatic heterocycles. The van der Waals surface area contributed by atoms with Gasteiger partial charge in [0.2, 0.25) is 11.6 Å². The van der Waals surface area contributed by atoms with Crippen molar-refractivity contribution in [2.45, 2.75) is 13.8 Å². The van der Waals surface area contributed by atoms with Gasteiger partial charge in [-0.25, -0.2) is 15.0 Å². The van der Waals surface area contributed by atoms with Crippen LogP contribution in [0.25, 0.3) is 0 Å². The summed E-state index contributed by atoms with van der Waals surface area (Å²) in [5.41, 5.74) is 1.21. The third-order valence-electron chi connectivity index (χ3n) is 4.35. The molecule has 4 aromatic rings. The van der Waals surface area contributed by atoms with Crippen molar-refractivity contribution in [2.24, 2.45) is 0 Å². The first-order valence-corrected chi connectivity index (χ1v) is 10.1. The molecular formula is C21H18N6O3S. The van der Waals surface area contributed by atoms with Gasteiger partial charge in [-0.05, 0) is 50.2 Å². The maximum atomic E-state index is 11.8. The Morgan fingerprint density at radius 1 is 0.935 bits per heavy atom. The average Bonchev–Trinajstić information content (AvgIpc) is 3.07. The number of nitro groups is 1. The van der Waals surface area contributed by atoms with E-state index in [9.17, 15) is 10.1 Å². The van der Waals surface area contributed by atoms with Crippen LogP contribution in [0.15, 0.2) is 60.9 Å². The van der Waals surface area contributed by atoms with Crippen molar-refractivity contribution < 1.29 is 9.66 Å². The fraction of sp³-hybridized carbons (Fsp3) is 0.0952. The first-order chi connectivity index (χ1) is 15.0. The van der Waals surface area contributed by atoms with E-state index in [1.165, 1.54) is 17.7 Å².